The molecule has 0 atom stereocenters. The number of carbonyl (C=O) groups is 1. The van der Waals surface area contributed by atoms with E-state index in [4.69, 9.17) is 0 Å². The van der Waals surface area contributed by atoms with E-state index in [0.29, 0.717) is 4.88 Å². The molecule has 3 heterocycles. The Morgan fingerprint density at radius 2 is 1.67 bits per heavy atom. The molecule has 0 radical (unpaired) electrons. The second-order valence-electron chi connectivity index (χ2n) is 5.97. The average Bonchev–Trinajstić information content (AvgIpc) is 3.50. The van der Waals surface area contributed by atoms with Gasteiger partial charge in [-0.1, -0.05) is 0 Å². The van der Waals surface area contributed by atoms with E-state index in [0.717, 1.165) is 36.6 Å². The monoisotopic (exact) mass is 660 g/mol. The first-order valence-corrected chi connectivity index (χ1v) is 12.2. The normalized spacial score (nSPS) is 10.6. The highest BCUT2D eigenvalue weighted by Crippen LogP contribution is 2.29. The lowest BCUT2D eigenvalue weighted by Crippen LogP contribution is -2.02. The van der Waals surface area contributed by atoms with Gasteiger partial charge in [0.2, 0.25) is 5.78 Å². The summed E-state index contributed by atoms with van der Waals surface area (Å²) in [6, 6.07) is 14.3. The number of aromatic amines is 1. The number of fused-ring (bicyclic) bond motifs is 1. The molecule has 3 aromatic heterocycles. The van der Waals surface area contributed by atoms with E-state index in [1.807, 2.05) is 28.7 Å². The Bertz CT molecular complexity index is 1300. The van der Waals surface area contributed by atoms with Gasteiger partial charge in [-0.05, 0) is 117 Å². The lowest BCUT2D eigenvalue weighted by molar-refractivity contribution is 0.103. The fraction of sp³-hybridized carbons (Fsp3) is 0. The number of aromatic nitrogens is 4. The van der Waals surface area contributed by atoms with Crippen LogP contribution in [0.4, 0.5) is 4.39 Å². The quantitative estimate of drug-likeness (QED) is 0.180. The molecule has 0 fully saturated rings. The van der Waals surface area contributed by atoms with Crippen molar-refractivity contribution in [2.75, 3.05) is 0 Å². The fourth-order valence-corrected chi connectivity index (χ4v) is 4.78. The smallest absolute Gasteiger partial charge is 0.207 e. The van der Waals surface area contributed by atoms with Crippen LogP contribution in [0, 0.1) is 13.0 Å². The third kappa shape index (κ3) is 4.76. The molecule has 5 nitrogen and oxygen atoms in total. The van der Waals surface area contributed by atoms with Gasteiger partial charge in [0.05, 0.1) is 20.8 Å². The zero-order valence-electron chi connectivity index (χ0n) is 15.0. The van der Waals surface area contributed by atoms with Crippen LogP contribution in [0.2, 0.25) is 0 Å². The number of nitrogens with one attached hydrogen (secondary N) is 1. The van der Waals surface area contributed by atoms with Crippen molar-refractivity contribution in [2.45, 2.75) is 0 Å². The summed E-state index contributed by atoms with van der Waals surface area (Å²) >= 11 is 6.89. The number of carbonyl (C=O) groups excluding carboxylic acids is 1. The fourth-order valence-electron chi connectivity index (χ4n) is 2.65. The van der Waals surface area contributed by atoms with Crippen LogP contribution >= 0.6 is 68.2 Å². The molecular weight excluding hydrogens is 649 g/mol. The first-order valence-electron chi connectivity index (χ1n) is 8.48. The SMILES string of the molecule is Ic1ccc2[nH]nc(-c3ccns3)c2c1.O=C(c1ccns1)c1cc(I)ccc1F. The molecule has 2 aromatic carbocycles. The minimum absolute atomic E-state index is 0.103. The van der Waals surface area contributed by atoms with Crippen molar-refractivity contribution in [3.05, 3.63) is 84.3 Å². The van der Waals surface area contributed by atoms with Gasteiger partial charge in [0.1, 0.15) is 11.5 Å². The van der Waals surface area contributed by atoms with Gasteiger partial charge in [-0.15, -0.1) is 0 Å². The Morgan fingerprint density at radius 3 is 2.40 bits per heavy atom. The van der Waals surface area contributed by atoms with E-state index in [9.17, 15) is 9.18 Å². The summed E-state index contributed by atoms with van der Waals surface area (Å²) in [5, 5.41) is 8.51. The molecule has 30 heavy (non-hydrogen) atoms. The summed E-state index contributed by atoms with van der Waals surface area (Å²) in [5.74, 6) is -0.803. The number of nitrogens with zero attached hydrogens (tertiary/aromatic N) is 3. The van der Waals surface area contributed by atoms with E-state index in [1.54, 1.807) is 18.3 Å². The Kier molecular flexibility index (Phi) is 6.85. The first-order chi connectivity index (χ1) is 14.5. The van der Waals surface area contributed by atoms with Crippen LogP contribution in [-0.4, -0.2) is 24.7 Å². The van der Waals surface area contributed by atoms with Crippen LogP contribution in [0.15, 0.2) is 60.9 Å². The van der Waals surface area contributed by atoms with E-state index < -0.39 is 5.82 Å². The molecule has 0 aliphatic rings. The van der Waals surface area contributed by atoms with Crippen molar-refractivity contribution in [1.29, 1.82) is 0 Å². The molecule has 5 rings (SSSR count). The molecule has 1 N–H and O–H groups in total. The topological polar surface area (TPSA) is 71.5 Å². The van der Waals surface area contributed by atoms with Gasteiger partial charge in [-0.2, -0.15) is 5.10 Å². The van der Waals surface area contributed by atoms with Crippen LogP contribution in [0.5, 0.6) is 0 Å². The number of rotatable bonds is 3. The average molecular weight is 660 g/mol. The highest BCUT2D eigenvalue weighted by molar-refractivity contribution is 14.1. The second kappa shape index (κ2) is 9.58. The third-order valence-corrected chi connectivity index (χ3v) is 6.87. The van der Waals surface area contributed by atoms with Crippen molar-refractivity contribution in [2.24, 2.45) is 0 Å². The largest absolute Gasteiger partial charge is 0.288 e. The van der Waals surface area contributed by atoms with Crippen molar-refractivity contribution < 1.29 is 9.18 Å². The maximum atomic E-state index is 13.4. The molecule has 0 saturated carbocycles. The minimum atomic E-state index is -0.492. The molecule has 0 aliphatic carbocycles. The standard InChI is InChI=1S/C10H5FINOS.C10H6IN3S/c11-8-2-1-6(12)5-7(8)10(14)9-3-4-13-15-9;11-6-1-2-8-7(5-6)10(14-13-8)9-3-4-12-15-9/h1-5H;1-5H,(H,13,14). The van der Waals surface area contributed by atoms with Crippen LogP contribution in [0.25, 0.3) is 21.5 Å². The molecule has 0 bridgehead atoms. The molecule has 0 saturated heterocycles. The lowest BCUT2D eigenvalue weighted by Gasteiger charge is -2.00. The van der Waals surface area contributed by atoms with E-state index in [2.05, 4.69) is 59.7 Å². The van der Waals surface area contributed by atoms with E-state index >= 15 is 0 Å². The van der Waals surface area contributed by atoms with Crippen molar-refractivity contribution in [3.8, 4) is 10.6 Å². The van der Waals surface area contributed by atoms with Crippen molar-refractivity contribution >= 4 is 84.9 Å². The van der Waals surface area contributed by atoms with Crippen LogP contribution in [0.3, 0.4) is 0 Å². The van der Waals surface area contributed by atoms with Gasteiger partial charge in [0, 0.05) is 24.9 Å². The molecule has 5 aromatic rings. The van der Waals surface area contributed by atoms with E-state index in [1.165, 1.54) is 33.4 Å². The highest BCUT2D eigenvalue weighted by atomic mass is 127. The Labute approximate surface area is 206 Å². The predicted molar refractivity (Wildman–Crippen MR) is 135 cm³/mol. The summed E-state index contributed by atoms with van der Waals surface area (Å²) in [6.07, 6.45) is 3.33. The van der Waals surface area contributed by atoms with Crippen molar-refractivity contribution in [3.63, 3.8) is 0 Å². The Morgan fingerprint density at radius 1 is 0.933 bits per heavy atom. The van der Waals surface area contributed by atoms with Crippen LogP contribution in [0.1, 0.15) is 15.2 Å². The lowest BCUT2D eigenvalue weighted by atomic mass is 10.1. The van der Waals surface area contributed by atoms with Crippen LogP contribution < -0.4 is 0 Å². The predicted octanol–water partition coefficient (Wildman–Crippen LogP) is 6.41. The summed E-state index contributed by atoms with van der Waals surface area (Å²) in [4.78, 5) is 13.4. The molecule has 0 amide bonds. The molecular formula is C20H11FI2N4OS2. The molecule has 10 heteroatoms. The van der Waals surface area contributed by atoms with Gasteiger partial charge >= 0.3 is 0 Å². The number of benzene rings is 2. The number of ketones is 1. The second-order valence-corrected chi connectivity index (χ2v) is 10.1. The van der Waals surface area contributed by atoms with Gasteiger partial charge < -0.3 is 0 Å². The van der Waals surface area contributed by atoms with Crippen molar-refractivity contribution in [1.82, 2.24) is 18.9 Å². The van der Waals surface area contributed by atoms with Gasteiger partial charge in [-0.3, -0.25) is 9.89 Å². The zero-order valence-corrected chi connectivity index (χ0v) is 20.9. The maximum Gasteiger partial charge on any atom is 0.207 e. The summed E-state index contributed by atoms with van der Waals surface area (Å²) in [7, 11) is 0. The summed E-state index contributed by atoms with van der Waals surface area (Å²) in [6.45, 7) is 0. The Balaban J connectivity index is 0.000000145. The Hall–Kier alpha value is -1.77. The first kappa shape index (κ1) is 21.5. The van der Waals surface area contributed by atoms with Gasteiger partial charge in [0.25, 0.3) is 0 Å². The number of hydrogen-bond donors (Lipinski definition) is 1. The molecule has 0 unspecified atom stereocenters. The maximum absolute atomic E-state index is 13.4. The third-order valence-electron chi connectivity index (χ3n) is 4.03. The number of hydrogen-bond acceptors (Lipinski definition) is 6. The van der Waals surface area contributed by atoms with Gasteiger partial charge in [-0.25, -0.2) is 13.1 Å². The van der Waals surface area contributed by atoms with E-state index in [-0.39, 0.29) is 11.3 Å². The molecule has 0 aliphatic heterocycles. The number of H-pyrrole nitrogens is 1. The van der Waals surface area contributed by atoms with Gasteiger partial charge in [0.15, 0.2) is 0 Å². The highest BCUT2D eigenvalue weighted by Gasteiger charge is 2.15. The van der Waals surface area contributed by atoms with Crippen LogP contribution in [-0.2, 0) is 0 Å². The number of halogens is 3. The molecule has 0 spiro atoms. The molecule has 150 valence electrons. The zero-order chi connectivity index (χ0) is 21.1. The minimum Gasteiger partial charge on any atom is -0.288 e. The summed E-state index contributed by atoms with van der Waals surface area (Å²) in [5.41, 5.74) is 2.16. The summed E-state index contributed by atoms with van der Waals surface area (Å²) < 4.78 is 23.3.